The summed E-state index contributed by atoms with van der Waals surface area (Å²) in [6.07, 6.45) is 1.66. The number of rotatable bonds is 5. The lowest BCUT2D eigenvalue weighted by molar-refractivity contribution is 0.0937. The number of aromatic nitrogens is 3. The van der Waals surface area contributed by atoms with Crippen molar-refractivity contribution in [1.29, 1.82) is 0 Å². The summed E-state index contributed by atoms with van der Waals surface area (Å²) in [5.74, 6) is 0.420. The SMILES string of the molecule is Cn1nc2ccccc2c1C(=O)NCC(C)(C)c1coc(-c2ccccc2)n1. The summed E-state index contributed by atoms with van der Waals surface area (Å²) < 4.78 is 7.28. The van der Waals surface area contributed by atoms with E-state index in [1.807, 2.05) is 68.4 Å². The van der Waals surface area contributed by atoms with E-state index in [0.29, 0.717) is 18.1 Å². The standard InChI is InChI=1S/C22H22N4O2/c1-22(2,18-13-28-21(24-18)15-9-5-4-6-10-15)14-23-20(27)19-16-11-7-8-12-17(16)25-26(19)3/h4-13H,14H2,1-3H3,(H,23,27). The molecule has 2 heterocycles. The molecule has 2 aromatic carbocycles. The summed E-state index contributed by atoms with van der Waals surface area (Å²) in [6, 6.07) is 17.4. The van der Waals surface area contributed by atoms with Gasteiger partial charge in [-0.25, -0.2) is 4.98 Å². The van der Waals surface area contributed by atoms with Crippen LogP contribution in [0.4, 0.5) is 0 Å². The average Bonchev–Trinajstić information content (AvgIpc) is 3.31. The molecule has 0 aliphatic heterocycles. The van der Waals surface area contributed by atoms with Gasteiger partial charge in [0.2, 0.25) is 5.89 Å². The summed E-state index contributed by atoms with van der Waals surface area (Å²) in [4.78, 5) is 17.5. The Morgan fingerprint density at radius 3 is 2.61 bits per heavy atom. The minimum absolute atomic E-state index is 0.156. The van der Waals surface area contributed by atoms with Crippen molar-refractivity contribution in [2.24, 2.45) is 7.05 Å². The molecule has 0 saturated heterocycles. The van der Waals surface area contributed by atoms with Crippen molar-refractivity contribution in [3.63, 3.8) is 0 Å². The summed E-state index contributed by atoms with van der Waals surface area (Å²) in [5.41, 5.74) is 2.69. The number of hydrogen-bond acceptors (Lipinski definition) is 4. The van der Waals surface area contributed by atoms with Crippen molar-refractivity contribution in [2.75, 3.05) is 6.54 Å². The molecule has 142 valence electrons. The van der Waals surface area contributed by atoms with Gasteiger partial charge in [-0.05, 0) is 18.2 Å². The lowest BCUT2D eigenvalue weighted by Crippen LogP contribution is -2.37. The lowest BCUT2D eigenvalue weighted by Gasteiger charge is -2.22. The predicted molar refractivity (Wildman–Crippen MR) is 108 cm³/mol. The van der Waals surface area contributed by atoms with Crippen molar-refractivity contribution < 1.29 is 9.21 Å². The predicted octanol–water partition coefficient (Wildman–Crippen LogP) is 3.94. The van der Waals surface area contributed by atoms with Gasteiger partial charge >= 0.3 is 0 Å². The molecule has 0 aliphatic rings. The second-order valence-electron chi connectivity index (χ2n) is 7.46. The van der Waals surface area contributed by atoms with E-state index >= 15 is 0 Å². The Kier molecular flexibility index (Phi) is 4.47. The molecule has 0 fully saturated rings. The minimum atomic E-state index is -0.388. The van der Waals surface area contributed by atoms with Gasteiger partial charge in [-0.2, -0.15) is 5.10 Å². The van der Waals surface area contributed by atoms with Gasteiger partial charge in [0.25, 0.3) is 5.91 Å². The fraction of sp³-hybridized carbons (Fsp3) is 0.227. The van der Waals surface area contributed by atoms with Crippen molar-refractivity contribution in [2.45, 2.75) is 19.3 Å². The molecule has 1 N–H and O–H groups in total. The Balaban J connectivity index is 1.51. The van der Waals surface area contributed by atoms with Crippen LogP contribution >= 0.6 is 0 Å². The molecule has 0 bridgehead atoms. The van der Waals surface area contributed by atoms with Crippen molar-refractivity contribution in [3.8, 4) is 11.5 Å². The van der Waals surface area contributed by atoms with E-state index in [1.54, 1.807) is 18.0 Å². The van der Waals surface area contributed by atoms with E-state index in [9.17, 15) is 4.79 Å². The highest BCUT2D eigenvalue weighted by atomic mass is 16.3. The first-order valence-electron chi connectivity index (χ1n) is 9.17. The summed E-state index contributed by atoms with van der Waals surface area (Å²) >= 11 is 0. The molecule has 0 atom stereocenters. The zero-order chi connectivity index (χ0) is 19.7. The second kappa shape index (κ2) is 6.96. The number of amides is 1. The summed E-state index contributed by atoms with van der Waals surface area (Å²) in [6.45, 7) is 4.48. The molecule has 4 rings (SSSR count). The third kappa shape index (κ3) is 3.29. The number of oxazole rings is 1. The number of carbonyl (C=O) groups is 1. The van der Waals surface area contributed by atoms with Crippen LogP contribution in [0.15, 0.2) is 65.3 Å². The molecule has 1 amide bonds. The van der Waals surface area contributed by atoms with E-state index in [0.717, 1.165) is 22.2 Å². The monoisotopic (exact) mass is 374 g/mol. The fourth-order valence-corrected chi connectivity index (χ4v) is 3.19. The van der Waals surface area contributed by atoms with Crippen LogP contribution < -0.4 is 5.32 Å². The van der Waals surface area contributed by atoms with E-state index in [-0.39, 0.29) is 11.3 Å². The van der Waals surface area contributed by atoms with Gasteiger partial charge in [0, 0.05) is 30.0 Å². The zero-order valence-electron chi connectivity index (χ0n) is 16.1. The smallest absolute Gasteiger partial charge is 0.270 e. The normalized spacial score (nSPS) is 11.7. The molecule has 6 heteroatoms. The van der Waals surface area contributed by atoms with E-state index in [2.05, 4.69) is 15.4 Å². The molecule has 0 radical (unpaired) electrons. The van der Waals surface area contributed by atoms with Gasteiger partial charge in [0.15, 0.2) is 0 Å². The number of benzene rings is 2. The van der Waals surface area contributed by atoms with E-state index < -0.39 is 0 Å². The van der Waals surface area contributed by atoms with Crippen LogP contribution in [0, 0.1) is 0 Å². The molecular weight excluding hydrogens is 352 g/mol. The highest BCUT2D eigenvalue weighted by molar-refractivity contribution is 6.05. The highest BCUT2D eigenvalue weighted by Crippen LogP contribution is 2.26. The molecule has 6 nitrogen and oxygen atoms in total. The van der Waals surface area contributed by atoms with Gasteiger partial charge in [-0.3, -0.25) is 9.48 Å². The maximum Gasteiger partial charge on any atom is 0.270 e. The van der Waals surface area contributed by atoms with Crippen molar-refractivity contribution in [3.05, 3.63) is 72.2 Å². The van der Waals surface area contributed by atoms with Crippen LogP contribution in [0.2, 0.25) is 0 Å². The third-order valence-corrected chi connectivity index (χ3v) is 4.86. The van der Waals surface area contributed by atoms with Crippen LogP contribution in [0.25, 0.3) is 22.4 Å². The van der Waals surface area contributed by atoms with Gasteiger partial charge in [0.1, 0.15) is 12.0 Å². The van der Waals surface area contributed by atoms with Crippen molar-refractivity contribution in [1.82, 2.24) is 20.1 Å². The van der Waals surface area contributed by atoms with Gasteiger partial charge < -0.3 is 9.73 Å². The number of carbonyl (C=O) groups excluding carboxylic acids is 1. The maximum absolute atomic E-state index is 12.8. The lowest BCUT2D eigenvalue weighted by atomic mass is 9.90. The Labute approximate surface area is 163 Å². The first-order chi connectivity index (χ1) is 13.5. The number of fused-ring (bicyclic) bond motifs is 1. The zero-order valence-corrected chi connectivity index (χ0v) is 16.1. The fourth-order valence-electron chi connectivity index (χ4n) is 3.19. The van der Waals surface area contributed by atoms with Gasteiger partial charge in [0.05, 0.1) is 11.2 Å². The van der Waals surface area contributed by atoms with Crippen LogP contribution in [0.1, 0.15) is 30.0 Å². The molecule has 2 aromatic heterocycles. The second-order valence-corrected chi connectivity index (χ2v) is 7.46. The topological polar surface area (TPSA) is 73.0 Å². The maximum atomic E-state index is 12.8. The number of nitrogens with zero attached hydrogens (tertiary/aromatic N) is 3. The third-order valence-electron chi connectivity index (χ3n) is 4.86. The van der Waals surface area contributed by atoms with Crippen LogP contribution in [0.3, 0.4) is 0 Å². The first-order valence-corrected chi connectivity index (χ1v) is 9.17. The molecule has 28 heavy (non-hydrogen) atoms. The van der Waals surface area contributed by atoms with E-state index in [4.69, 9.17) is 4.42 Å². The molecule has 0 aliphatic carbocycles. The largest absolute Gasteiger partial charge is 0.444 e. The molecule has 4 aromatic rings. The van der Waals surface area contributed by atoms with Crippen LogP contribution in [0.5, 0.6) is 0 Å². The Bertz CT molecular complexity index is 1130. The summed E-state index contributed by atoms with van der Waals surface area (Å²) in [7, 11) is 1.78. The van der Waals surface area contributed by atoms with Gasteiger partial charge in [-0.1, -0.05) is 50.2 Å². The van der Waals surface area contributed by atoms with Crippen molar-refractivity contribution >= 4 is 16.8 Å². The minimum Gasteiger partial charge on any atom is -0.444 e. The molecule has 0 saturated carbocycles. The van der Waals surface area contributed by atoms with Gasteiger partial charge in [-0.15, -0.1) is 0 Å². The first kappa shape index (κ1) is 18.0. The van der Waals surface area contributed by atoms with Crippen LogP contribution in [-0.4, -0.2) is 27.2 Å². The number of nitrogens with one attached hydrogen (secondary N) is 1. The summed E-state index contributed by atoms with van der Waals surface area (Å²) in [5, 5.41) is 8.27. The Hall–Kier alpha value is -3.41. The van der Waals surface area contributed by atoms with E-state index in [1.165, 1.54) is 0 Å². The number of hydrogen-bond donors (Lipinski definition) is 1. The molecular formula is C22H22N4O2. The molecule has 0 spiro atoms. The average molecular weight is 374 g/mol. The number of aryl methyl sites for hydroxylation is 1. The Morgan fingerprint density at radius 2 is 1.82 bits per heavy atom. The highest BCUT2D eigenvalue weighted by Gasteiger charge is 2.27. The van der Waals surface area contributed by atoms with Crippen LogP contribution in [-0.2, 0) is 12.5 Å². The Morgan fingerprint density at radius 1 is 1.11 bits per heavy atom. The molecule has 0 unspecified atom stereocenters. The quantitative estimate of drug-likeness (QED) is 0.574.